The zero-order valence-corrected chi connectivity index (χ0v) is 19.6. The summed E-state index contributed by atoms with van der Waals surface area (Å²) in [4.78, 5) is 0. The molecule has 0 saturated heterocycles. The van der Waals surface area contributed by atoms with Gasteiger partial charge < -0.3 is 0 Å². The van der Waals surface area contributed by atoms with Gasteiger partial charge in [-0.2, -0.15) is 0 Å². The van der Waals surface area contributed by atoms with E-state index in [1.165, 1.54) is 12.0 Å². The molecule has 0 bridgehead atoms. The topological polar surface area (TPSA) is 0 Å². The van der Waals surface area contributed by atoms with Crippen molar-refractivity contribution in [2.24, 2.45) is 0 Å². The van der Waals surface area contributed by atoms with Crippen molar-refractivity contribution in [1.29, 1.82) is 0 Å². The maximum atomic E-state index is 5.95. The van der Waals surface area contributed by atoms with Gasteiger partial charge in [-0.1, -0.05) is 79.2 Å². The molecule has 1 aliphatic rings. The summed E-state index contributed by atoms with van der Waals surface area (Å²) in [7, 11) is -2.82. The average Bonchev–Trinajstić information content (AvgIpc) is 2.35. The van der Waals surface area contributed by atoms with Crippen LogP contribution >= 0.6 is 0 Å². The Kier molecular flexibility index (Phi) is 5.63. The first-order valence-corrected chi connectivity index (χ1v) is 15.4. The van der Waals surface area contributed by atoms with Crippen LogP contribution in [-0.2, 0) is 0 Å². The normalized spacial score (nSPS) is 24.6. The van der Waals surface area contributed by atoms with Crippen molar-refractivity contribution in [3.05, 3.63) is 11.1 Å². The molecule has 0 amide bonds. The lowest BCUT2D eigenvalue weighted by molar-refractivity contribution is 0.584. The smallest absolute Gasteiger partial charge is 0.0600 e. The molecule has 0 aromatic carbocycles. The molecule has 0 aromatic heterocycles. The third-order valence-electron chi connectivity index (χ3n) is 7.90. The van der Waals surface area contributed by atoms with Crippen LogP contribution in [0.2, 0.25) is 47.3 Å². The summed E-state index contributed by atoms with van der Waals surface area (Å²) in [5.74, 6) is 3.08. The van der Waals surface area contributed by atoms with E-state index in [4.69, 9.17) is 6.42 Å². The number of hydrogen-bond acceptors (Lipinski definition) is 0. The van der Waals surface area contributed by atoms with Gasteiger partial charge in [-0.05, 0) is 40.9 Å². The predicted octanol–water partition coefficient (Wildman–Crippen LogP) is 7.49. The lowest BCUT2D eigenvalue weighted by Crippen LogP contribution is -2.48. The molecular weight excluding hydrogens is 308 g/mol. The molecule has 23 heavy (non-hydrogen) atoms. The zero-order valence-electron chi connectivity index (χ0n) is 17.6. The van der Waals surface area contributed by atoms with Crippen LogP contribution < -0.4 is 0 Å². The van der Waals surface area contributed by atoms with Gasteiger partial charge in [0.05, 0.1) is 16.1 Å². The Labute approximate surface area is 148 Å². The van der Waals surface area contributed by atoms with Crippen LogP contribution in [0.3, 0.4) is 0 Å². The fourth-order valence-corrected chi connectivity index (χ4v) is 10.0. The summed E-state index contributed by atoms with van der Waals surface area (Å²) in [5.41, 5.74) is 4.44. The molecule has 1 aliphatic carbocycles. The van der Waals surface area contributed by atoms with Gasteiger partial charge in [0.2, 0.25) is 0 Å². The predicted molar refractivity (Wildman–Crippen MR) is 113 cm³/mol. The largest absolute Gasteiger partial charge is 0.115 e. The highest BCUT2D eigenvalue weighted by molar-refractivity contribution is 6.83. The van der Waals surface area contributed by atoms with Crippen molar-refractivity contribution >= 4 is 16.1 Å². The van der Waals surface area contributed by atoms with Gasteiger partial charge in [0, 0.05) is 5.57 Å². The third kappa shape index (κ3) is 3.71. The molecule has 2 heteroatoms. The van der Waals surface area contributed by atoms with Crippen molar-refractivity contribution in [3.63, 3.8) is 0 Å². The van der Waals surface area contributed by atoms with Crippen LogP contribution in [0.15, 0.2) is 11.1 Å². The minimum atomic E-state index is -1.44. The van der Waals surface area contributed by atoms with E-state index < -0.39 is 16.1 Å². The summed E-state index contributed by atoms with van der Waals surface area (Å²) in [6, 6.07) is 0. The second-order valence-electron chi connectivity index (χ2n) is 10.9. The number of terminal acetylenes is 1. The molecule has 132 valence electrons. The van der Waals surface area contributed by atoms with E-state index in [1.54, 1.807) is 5.57 Å². The Morgan fingerprint density at radius 1 is 0.913 bits per heavy atom. The molecule has 2 atom stereocenters. The molecule has 0 nitrogen and oxygen atoms in total. The summed E-state index contributed by atoms with van der Waals surface area (Å²) in [6.07, 6.45) is 8.48. The van der Waals surface area contributed by atoms with Crippen LogP contribution in [0.4, 0.5) is 0 Å². The van der Waals surface area contributed by atoms with E-state index in [9.17, 15) is 0 Å². The summed E-state index contributed by atoms with van der Waals surface area (Å²) < 4.78 is 0. The van der Waals surface area contributed by atoms with Crippen LogP contribution in [0.1, 0.15) is 61.3 Å². The second kappa shape index (κ2) is 6.23. The highest BCUT2D eigenvalue weighted by atomic mass is 28.3. The zero-order chi connectivity index (χ0) is 18.4. The van der Waals surface area contributed by atoms with Crippen molar-refractivity contribution in [2.45, 2.75) is 109 Å². The Morgan fingerprint density at radius 2 is 1.35 bits per heavy atom. The third-order valence-corrected chi connectivity index (χ3v) is 20.5. The van der Waals surface area contributed by atoms with Gasteiger partial charge in [-0.25, -0.2) is 0 Å². The monoisotopic (exact) mass is 348 g/mol. The number of hydrogen-bond donors (Lipinski definition) is 0. The number of rotatable bonds is 2. The van der Waals surface area contributed by atoms with Crippen molar-refractivity contribution in [3.8, 4) is 12.3 Å². The van der Waals surface area contributed by atoms with E-state index in [-0.39, 0.29) is 0 Å². The first kappa shape index (κ1) is 20.8. The molecule has 1 rings (SSSR count). The molecule has 2 unspecified atom stereocenters. The van der Waals surface area contributed by atoms with Crippen LogP contribution in [-0.4, -0.2) is 16.1 Å². The van der Waals surface area contributed by atoms with Gasteiger partial charge >= 0.3 is 0 Å². The minimum absolute atomic E-state index is 0.411. The lowest BCUT2D eigenvalue weighted by atomic mass is 9.92. The van der Waals surface area contributed by atoms with E-state index >= 15 is 0 Å². The molecule has 0 saturated carbocycles. The fourth-order valence-electron chi connectivity index (χ4n) is 3.86. The Hall–Kier alpha value is -0.266. The highest BCUT2D eigenvalue weighted by Gasteiger charge is 2.50. The molecule has 0 fully saturated rings. The van der Waals surface area contributed by atoms with Crippen LogP contribution in [0.5, 0.6) is 0 Å². The van der Waals surface area contributed by atoms with E-state index in [0.717, 1.165) is 17.5 Å². The first-order valence-electron chi connectivity index (χ1n) is 9.23. The molecule has 0 aliphatic heterocycles. The fraction of sp³-hybridized carbons (Fsp3) is 0.810. The molecular formula is C21H40Si2. The molecule has 0 heterocycles. The van der Waals surface area contributed by atoms with Crippen molar-refractivity contribution in [1.82, 2.24) is 0 Å². The second-order valence-corrected chi connectivity index (χ2v) is 22.3. The maximum Gasteiger partial charge on any atom is 0.0600 e. The van der Waals surface area contributed by atoms with Gasteiger partial charge in [0.25, 0.3) is 0 Å². The summed E-state index contributed by atoms with van der Waals surface area (Å²) >= 11 is 0. The Bertz CT molecular complexity index is 516. The SMILES string of the molecule is C#CC1=C(C)C([Si](C)(C)C(C)(C)C)CC([Si](C)(C)C(C)(C)C)C1. The van der Waals surface area contributed by atoms with Crippen molar-refractivity contribution < 1.29 is 0 Å². The highest BCUT2D eigenvalue weighted by Crippen LogP contribution is 2.58. The van der Waals surface area contributed by atoms with Crippen molar-refractivity contribution in [2.75, 3.05) is 0 Å². The quantitative estimate of drug-likeness (QED) is 0.358. The standard InChI is InChI=1S/C21H40Si2/c1-13-17-14-18(22(9,10)20(3,4)5)15-19(16(17)2)23(11,12)21(6,7)8/h1,18-19H,14-15H2,2-12H3. The molecule has 0 spiro atoms. The van der Waals surface area contributed by atoms with E-state index in [0.29, 0.717) is 10.1 Å². The molecule has 0 aromatic rings. The lowest BCUT2D eigenvalue weighted by Gasteiger charge is -2.52. The van der Waals surface area contributed by atoms with E-state index in [1.807, 2.05) is 0 Å². The van der Waals surface area contributed by atoms with Gasteiger partial charge in [0.1, 0.15) is 0 Å². The molecule has 0 N–H and O–H groups in total. The summed E-state index contributed by atoms with van der Waals surface area (Å²) in [6.45, 7) is 27.4. The maximum absolute atomic E-state index is 5.95. The Morgan fingerprint density at radius 3 is 1.70 bits per heavy atom. The van der Waals surface area contributed by atoms with Gasteiger partial charge in [-0.15, -0.1) is 6.42 Å². The van der Waals surface area contributed by atoms with Gasteiger partial charge in [0.15, 0.2) is 0 Å². The first-order chi connectivity index (χ1) is 10.1. The average molecular weight is 349 g/mol. The van der Waals surface area contributed by atoms with Crippen LogP contribution in [0.25, 0.3) is 0 Å². The van der Waals surface area contributed by atoms with Gasteiger partial charge in [-0.3, -0.25) is 0 Å². The summed E-state index contributed by atoms with van der Waals surface area (Å²) in [5, 5.41) is 0.842. The number of allylic oxidation sites excluding steroid dienone is 2. The Balaban J connectivity index is 3.38. The van der Waals surface area contributed by atoms with E-state index in [2.05, 4.69) is 80.6 Å². The molecule has 0 radical (unpaired) electrons. The minimum Gasteiger partial charge on any atom is -0.115 e. The van der Waals surface area contributed by atoms with Crippen LogP contribution in [0, 0.1) is 12.3 Å².